The molecule has 86 valence electrons. The Morgan fingerprint density at radius 2 is 1.87 bits per heavy atom. The minimum absolute atomic E-state index is 0.246. The normalized spacial score (nSPS) is 27.3. The Bertz CT molecular complexity index is 275. The van der Waals surface area contributed by atoms with Crippen LogP contribution in [-0.4, -0.2) is 5.78 Å². The number of carbonyl (C=O) groups excluding carboxylic acids is 1. The minimum Gasteiger partial charge on any atom is -0.295 e. The van der Waals surface area contributed by atoms with Crippen molar-refractivity contribution in [1.29, 1.82) is 0 Å². The number of ketones is 1. The fourth-order valence-electron chi connectivity index (χ4n) is 2.79. The standard InChI is InChI=1S/C14H24O/c1-5-7-12-9-14(4,8-6-2)10-13(15)11(12)3/h5-10H2,1-4H3. The van der Waals surface area contributed by atoms with Gasteiger partial charge in [0.2, 0.25) is 0 Å². The number of Topliss-reactive ketones (excluding diaryl/α,β-unsaturated/α-hetero) is 1. The van der Waals surface area contributed by atoms with Crippen molar-refractivity contribution in [2.75, 3.05) is 0 Å². The zero-order chi connectivity index (χ0) is 11.5. The number of rotatable bonds is 4. The number of hydrogen-bond donors (Lipinski definition) is 0. The van der Waals surface area contributed by atoms with Crippen LogP contribution in [0.5, 0.6) is 0 Å². The average Bonchev–Trinajstić information content (AvgIpc) is 2.14. The molecule has 0 aliphatic heterocycles. The molecule has 0 heterocycles. The molecule has 0 bridgehead atoms. The van der Waals surface area contributed by atoms with Crippen molar-refractivity contribution in [2.24, 2.45) is 5.41 Å². The minimum atomic E-state index is 0.246. The smallest absolute Gasteiger partial charge is 0.159 e. The first-order valence-electron chi connectivity index (χ1n) is 6.24. The monoisotopic (exact) mass is 208 g/mol. The van der Waals surface area contributed by atoms with Crippen LogP contribution in [0.2, 0.25) is 0 Å². The maximum absolute atomic E-state index is 11.9. The van der Waals surface area contributed by atoms with Gasteiger partial charge in [-0.1, -0.05) is 39.2 Å². The molecule has 15 heavy (non-hydrogen) atoms. The second-order valence-electron chi connectivity index (χ2n) is 5.32. The van der Waals surface area contributed by atoms with Gasteiger partial charge in [0.25, 0.3) is 0 Å². The van der Waals surface area contributed by atoms with Gasteiger partial charge in [0.1, 0.15) is 0 Å². The van der Waals surface area contributed by atoms with Crippen LogP contribution in [0.3, 0.4) is 0 Å². The summed E-state index contributed by atoms with van der Waals surface area (Å²) < 4.78 is 0. The van der Waals surface area contributed by atoms with Crippen molar-refractivity contribution in [3.63, 3.8) is 0 Å². The Kier molecular flexibility index (Phi) is 4.12. The van der Waals surface area contributed by atoms with Crippen LogP contribution >= 0.6 is 0 Å². The van der Waals surface area contributed by atoms with Crippen molar-refractivity contribution in [2.45, 2.75) is 66.2 Å². The van der Waals surface area contributed by atoms with Gasteiger partial charge >= 0.3 is 0 Å². The van der Waals surface area contributed by atoms with E-state index in [-0.39, 0.29) is 5.41 Å². The molecule has 0 aromatic rings. The predicted molar refractivity (Wildman–Crippen MR) is 64.9 cm³/mol. The first kappa shape index (κ1) is 12.5. The number of hydrogen-bond acceptors (Lipinski definition) is 1. The van der Waals surface area contributed by atoms with E-state index in [1.807, 2.05) is 6.92 Å². The highest BCUT2D eigenvalue weighted by molar-refractivity contribution is 5.96. The highest BCUT2D eigenvalue weighted by Gasteiger charge is 2.33. The van der Waals surface area contributed by atoms with E-state index >= 15 is 0 Å². The molecular formula is C14H24O. The molecule has 0 N–H and O–H groups in total. The third kappa shape index (κ3) is 2.93. The van der Waals surface area contributed by atoms with E-state index in [2.05, 4.69) is 20.8 Å². The largest absolute Gasteiger partial charge is 0.295 e. The molecule has 1 aliphatic carbocycles. The summed E-state index contributed by atoms with van der Waals surface area (Å²) in [5, 5.41) is 0. The van der Waals surface area contributed by atoms with Crippen molar-refractivity contribution >= 4 is 5.78 Å². The molecule has 1 nitrogen and oxygen atoms in total. The first-order chi connectivity index (χ1) is 7.02. The summed E-state index contributed by atoms with van der Waals surface area (Å²) >= 11 is 0. The highest BCUT2D eigenvalue weighted by Crippen LogP contribution is 2.41. The molecule has 1 atom stereocenters. The Morgan fingerprint density at radius 1 is 1.20 bits per heavy atom. The molecule has 1 heteroatoms. The summed E-state index contributed by atoms with van der Waals surface area (Å²) in [7, 11) is 0. The number of allylic oxidation sites excluding steroid dienone is 2. The molecule has 0 spiro atoms. The molecule has 0 radical (unpaired) electrons. The zero-order valence-corrected chi connectivity index (χ0v) is 10.7. The Morgan fingerprint density at radius 3 is 2.40 bits per heavy atom. The summed E-state index contributed by atoms with van der Waals surface area (Å²) in [6, 6.07) is 0. The second kappa shape index (κ2) is 4.96. The van der Waals surface area contributed by atoms with Gasteiger partial charge in [0, 0.05) is 6.42 Å². The molecule has 0 saturated carbocycles. The van der Waals surface area contributed by atoms with E-state index in [0.717, 1.165) is 31.3 Å². The maximum Gasteiger partial charge on any atom is 0.159 e. The van der Waals surface area contributed by atoms with E-state index in [1.54, 1.807) is 0 Å². The number of carbonyl (C=O) groups is 1. The van der Waals surface area contributed by atoms with E-state index in [4.69, 9.17) is 0 Å². The van der Waals surface area contributed by atoms with E-state index in [0.29, 0.717) is 5.78 Å². The van der Waals surface area contributed by atoms with Crippen molar-refractivity contribution in [1.82, 2.24) is 0 Å². The average molecular weight is 208 g/mol. The van der Waals surface area contributed by atoms with E-state index in [9.17, 15) is 4.79 Å². The van der Waals surface area contributed by atoms with Gasteiger partial charge < -0.3 is 0 Å². The van der Waals surface area contributed by atoms with Gasteiger partial charge in [-0.25, -0.2) is 0 Å². The summed E-state index contributed by atoms with van der Waals surface area (Å²) in [5.41, 5.74) is 2.73. The van der Waals surface area contributed by atoms with Crippen molar-refractivity contribution < 1.29 is 4.79 Å². The lowest BCUT2D eigenvalue weighted by Gasteiger charge is -2.34. The molecule has 0 saturated heterocycles. The van der Waals surface area contributed by atoms with E-state index in [1.165, 1.54) is 18.4 Å². The molecule has 0 aromatic carbocycles. The fourth-order valence-corrected chi connectivity index (χ4v) is 2.79. The Hall–Kier alpha value is -0.590. The van der Waals surface area contributed by atoms with Crippen LogP contribution in [0.1, 0.15) is 66.2 Å². The van der Waals surface area contributed by atoms with Gasteiger partial charge in [-0.2, -0.15) is 0 Å². The summed E-state index contributed by atoms with van der Waals surface area (Å²) in [5.74, 6) is 0.389. The lowest BCUT2D eigenvalue weighted by atomic mass is 9.69. The molecular weight excluding hydrogens is 184 g/mol. The topological polar surface area (TPSA) is 17.1 Å². The third-order valence-electron chi connectivity index (χ3n) is 3.58. The molecule has 1 unspecified atom stereocenters. The van der Waals surface area contributed by atoms with Gasteiger partial charge in [-0.3, -0.25) is 4.79 Å². The van der Waals surface area contributed by atoms with Gasteiger partial charge in [-0.15, -0.1) is 0 Å². The molecule has 0 amide bonds. The quantitative estimate of drug-likeness (QED) is 0.674. The van der Waals surface area contributed by atoms with Gasteiger partial charge in [-0.05, 0) is 37.2 Å². The molecule has 0 fully saturated rings. The third-order valence-corrected chi connectivity index (χ3v) is 3.58. The summed E-state index contributed by atoms with van der Waals surface area (Å²) in [6.45, 7) is 8.69. The van der Waals surface area contributed by atoms with Crippen LogP contribution in [0, 0.1) is 5.41 Å². The van der Waals surface area contributed by atoms with Crippen LogP contribution in [0.15, 0.2) is 11.1 Å². The van der Waals surface area contributed by atoms with Crippen LogP contribution in [0.4, 0.5) is 0 Å². The second-order valence-corrected chi connectivity index (χ2v) is 5.32. The summed E-state index contributed by atoms with van der Waals surface area (Å²) in [6.07, 6.45) is 6.53. The van der Waals surface area contributed by atoms with Gasteiger partial charge in [0.15, 0.2) is 5.78 Å². The zero-order valence-electron chi connectivity index (χ0n) is 10.7. The SMILES string of the molecule is CCCC1=C(C)C(=O)CC(C)(CCC)C1. The fraction of sp³-hybridized carbons (Fsp3) is 0.786. The molecule has 1 rings (SSSR count). The lowest BCUT2D eigenvalue weighted by Crippen LogP contribution is -2.27. The molecule has 1 aliphatic rings. The van der Waals surface area contributed by atoms with E-state index < -0.39 is 0 Å². The van der Waals surface area contributed by atoms with Crippen molar-refractivity contribution in [3.8, 4) is 0 Å². The Labute approximate surface area is 93.9 Å². The Balaban J connectivity index is 2.85. The molecule has 0 aromatic heterocycles. The predicted octanol–water partition coefficient (Wildman–Crippen LogP) is 4.27. The van der Waals surface area contributed by atoms with Crippen LogP contribution in [0.25, 0.3) is 0 Å². The van der Waals surface area contributed by atoms with Crippen LogP contribution < -0.4 is 0 Å². The van der Waals surface area contributed by atoms with Crippen molar-refractivity contribution in [3.05, 3.63) is 11.1 Å². The highest BCUT2D eigenvalue weighted by atomic mass is 16.1. The maximum atomic E-state index is 11.9. The first-order valence-corrected chi connectivity index (χ1v) is 6.24. The summed E-state index contributed by atoms with van der Waals surface area (Å²) in [4.78, 5) is 11.9. The van der Waals surface area contributed by atoms with Crippen LogP contribution in [-0.2, 0) is 4.79 Å². The lowest BCUT2D eigenvalue weighted by molar-refractivity contribution is -0.118. The van der Waals surface area contributed by atoms with Gasteiger partial charge in [0.05, 0.1) is 0 Å².